The average molecular weight is 543 g/mol. The highest BCUT2D eigenvalue weighted by Crippen LogP contribution is 2.51. The van der Waals surface area contributed by atoms with Gasteiger partial charge in [-0.1, -0.05) is 6.07 Å². The minimum atomic E-state index is -4.38. The summed E-state index contributed by atoms with van der Waals surface area (Å²) in [5.74, 6) is 0.158. The van der Waals surface area contributed by atoms with Crippen LogP contribution in [0.1, 0.15) is 35.8 Å². The van der Waals surface area contributed by atoms with Gasteiger partial charge in [-0.05, 0) is 82.8 Å². The smallest absolute Gasteiger partial charge is 0.493 e. The van der Waals surface area contributed by atoms with Crippen molar-refractivity contribution < 1.29 is 41.6 Å². The number of amides is 1. The van der Waals surface area contributed by atoms with Gasteiger partial charge in [0.1, 0.15) is 11.6 Å². The Kier molecular flexibility index (Phi) is 8.06. The molecule has 0 saturated heterocycles. The number of fused-ring (bicyclic) bond motifs is 1. The van der Waals surface area contributed by atoms with Crippen LogP contribution < -0.4 is 19.3 Å². The van der Waals surface area contributed by atoms with Crippen LogP contribution in [-0.4, -0.2) is 32.1 Å². The van der Waals surface area contributed by atoms with E-state index in [0.717, 1.165) is 23.8 Å². The van der Waals surface area contributed by atoms with Gasteiger partial charge in [0, 0.05) is 7.11 Å². The van der Waals surface area contributed by atoms with Gasteiger partial charge in [0.05, 0.1) is 33.4 Å². The summed E-state index contributed by atoms with van der Waals surface area (Å²) in [6.45, 7) is 2.11. The number of hydrogen-bond acceptors (Lipinski definition) is 7. The van der Waals surface area contributed by atoms with Crippen molar-refractivity contribution in [3.63, 3.8) is 0 Å². The van der Waals surface area contributed by atoms with Crippen molar-refractivity contribution in [2.24, 2.45) is 0 Å². The number of phosphoric acid groups is 1. The quantitative estimate of drug-likeness (QED) is 0.318. The van der Waals surface area contributed by atoms with Gasteiger partial charge in [-0.2, -0.15) is 0 Å². The molecule has 38 heavy (non-hydrogen) atoms. The molecular formula is C27H27FNO8P. The third kappa shape index (κ3) is 5.83. The molecule has 2 aromatic carbocycles. The van der Waals surface area contributed by atoms with E-state index in [1.807, 2.05) is 13.0 Å². The molecule has 200 valence electrons. The second-order valence-electron chi connectivity index (χ2n) is 8.38. The van der Waals surface area contributed by atoms with Crippen molar-refractivity contribution in [3.8, 4) is 17.2 Å². The van der Waals surface area contributed by atoms with E-state index in [-0.39, 0.29) is 36.1 Å². The molecule has 1 aromatic heterocycles. The Morgan fingerprint density at radius 2 is 1.82 bits per heavy atom. The molecule has 2 N–H and O–H groups in total. The largest absolute Gasteiger partial charge is 0.527 e. The van der Waals surface area contributed by atoms with Gasteiger partial charge in [0.25, 0.3) is 0 Å². The van der Waals surface area contributed by atoms with Crippen molar-refractivity contribution in [2.45, 2.75) is 19.9 Å². The van der Waals surface area contributed by atoms with E-state index in [2.05, 4.69) is 9.84 Å². The van der Waals surface area contributed by atoms with Crippen molar-refractivity contribution in [1.82, 2.24) is 5.32 Å². The number of halogens is 1. The molecule has 0 spiro atoms. The van der Waals surface area contributed by atoms with Crippen LogP contribution in [0, 0.1) is 5.82 Å². The second-order valence-corrected chi connectivity index (χ2v) is 9.87. The predicted octanol–water partition coefficient (Wildman–Crippen LogP) is 5.60. The molecule has 1 amide bonds. The molecule has 0 saturated carbocycles. The van der Waals surface area contributed by atoms with E-state index in [4.69, 9.17) is 18.4 Å². The maximum atomic E-state index is 14.2. The first kappa shape index (κ1) is 27.2. The Hall–Kier alpha value is -3.85. The molecule has 0 bridgehead atoms. The lowest BCUT2D eigenvalue weighted by Crippen LogP contribution is -2.22. The van der Waals surface area contributed by atoms with Crippen LogP contribution in [0.4, 0.5) is 4.39 Å². The molecule has 0 aliphatic heterocycles. The molecular weight excluding hydrogens is 516 g/mol. The summed E-state index contributed by atoms with van der Waals surface area (Å²) in [7, 11) is -0.578. The number of benzene rings is 2. The molecule has 1 atom stereocenters. The van der Waals surface area contributed by atoms with Crippen molar-refractivity contribution in [3.05, 3.63) is 82.6 Å². The summed E-state index contributed by atoms with van der Waals surface area (Å²) >= 11 is 0. The zero-order chi connectivity index (χ0) is 27.4. The highest BCUT2D eigenvalue weighted by molar-refractivity contribution is 7.47. The number of ether oxygens (including phenoxy) is 2. The molecule has 4 rings (SSSR count). The van der Waals surface area contributed by atoms with Crippen LogP contribution in [-0.2, 0) is 20.4 Å². The molecule has 11 heteroatoms. The first-order valence-corrected chi connectivity index (χ1v) is 13.0. The number of hydrogen-bond donors (Lipinski definition) is 2. The van der Waals surface area contributed by atoms with Gasteiger partial charge in [0.15, 0.2) is 11.5 Å². The summed E-state index contributed by atoms with van der Waals surface area (Å²) in [6, 6.07) is 11.2. The van der Waals surface area contributed by atoms with Crippen LogP contribution in [0.3, 0.4) is 0 Å². The van der Waals surface area contributed by atoms with Gasteiger partial charge >= 0.3 is 7.82 Å². The van der Waals surface area contributed by atoms with Crippen LogP contribution in [0.25, 0.3) is 17.2 Å². The summed E-state index contributed by atoms with van der Waals surface area (Å²) in [5.41, 5.74) is 4.28. The fourth-order valence-corrected chi connectivity index (χ4v) is 4.68. The Balaban J connectivity index is 1.72. The number of furan rings is 1. The fraction of sp³-hybridized carbons (Fsp3) is 0.222. The van der Waals surface area contributed by atoms with E-state index >= 15 is 0 Å². The molecule has 1 heterocycles. The molecule has 0 radical (unpaired) electrons. The standard InChI is InChI=1S/C27H27FNO8P/c1-16-21(10-17-11-24(33-2)27(25(12-17)34-3)37-38(31,32)35-4)20-8-7-18(28)13-23(20)22(16)14-26(30)29-15-19-6-5-9-36-19/h5-13H,14-15H2,1-4H3,(H,29,30)(H,31,32)/b21-10-. The number of allylic oxidation sites excluding steroid dienone is 2. The minimum absolute atomic E-state index is 0.0442. The molecule has 9 nitrogen and oxygen atoms in total. The van der Waals surface area contributed by atoms with Gasteiger partial charge in [-0.15, -0.1) is 0 Å². The average Bonchev–Trinajstić information content (AvgIpc) is 3.50. The minimum Gasteiger partial charge on any atom is -0.493 e. The summed E-state index contributed by atoms with van der Waals surface area (Å²) in [4.78, 5) is 22.5. The lowest BCUT2D eigenvalue weighted by Gasteiger charge is -2.17. The van der Waals surface area contributed by atoms with Gasteiger partial charge in [0.2, 0.25) is 11.7 Å². The summed E-state index contributed by atoms with van der Waals surface area (Å²) in [5, 5.41) is 2.82. The van der Waals surface area contributed by atoms with E-state index in [0.29, 0.717) is 22.5 Å². The van der Waals surface area contributed by atoms with E-state index in [1.165, 1.54) is 32.6 Å². The number of carbonyl (C=O) groups excluding carboxylic acids is 1. The monoisotopic (exact) mass is 543 g/mol. The second kappa shape index (κ2) is 11.3. The van der Waals surface area contributed by atoms with Crippen LogP contribution in [0.15, 0.2) is 58.7 Å². The maximum Gasteiger partial charge on any atom is 0.527 e. The van der Waals surface area contributed by atoms with Crippen molar-refractivity contribution >= 4 is 31.0 Å². The number of nitrogens with one attached hydrogen (secondary N) is 1. The molecule has 1 aliphatic rings. The first-order valence-electron chi connectivity index (χ1n) is 11.5. The topological polar surface area (TPSA) is 116 Å². The summed E-state index contributed by atoms with van der Waals surface area (Å²) < 4.78 is 51.9. The number of rotatable bonds is 10. The van der Waals surface area contributed by atoms with E-state index in [9.17, 15) is 18.6 Å². The Bertz CT molecular complexity index is 1440. The maximum absolute atomic E-state index is 14.2. The Labute approximate surface area is 219 Å². The third-order valence-corrected chi connectivity index (χ3v) is 6.94. The third-order valence-electron chi connectivity index (χ3n) is 6.06. The first-order chi connectivity index (χ1) is 18.2. The van der Waals surface area contributed by atoms with Gasteiger partial charge in [-0.25, -0.2) is 8.96 Å². The lowest BCUT2D eigenvalue weighted by atomic mass is 10.00. The van der Waals surface area contributed by atoms with Crippen LogP contribution in [0.2, 0.25) is 0 Å². The highest BCUT2D eigenvalue weighted by atomic mass is 31.2. The van der Waals surface area contributed by atoms with Crippen LogP contribution in [0.5, 0.6) is 17.2 Å². The predicted molar refractivity (Wildman–Crippen MR) is 139 cm³/mol. The van der Waals surface area contributed by atoms with E-state index in [1.54, 1.807) is 30.3 Å². The Morgan fingerprint density at radius 1 is 1.11 bits per heavy atom. The van der Waals surface area contributed by atoms with Gasteiger partial charge < -0.3 is 23.7 Å². The summed E-state index contributed by atoms with van der Waals surface area (Å²) in [6.07, 6.45) is 3.41. The van der Waals surface area contributed by atoms with Gasteiger partial charge in [-0.3, -0.25) is 14.2 Å². The van der Waals surface area contributed by atoms with Crippen LogP contribution >= 0.6 is 7.82 Å². The fourth-order valence-electron chi connectivity index (χ4n) is 4.20. The zero-order valence-corrected chi connectivity index (χ0v) is 22.1. The molecule has 3 aromatic rings. The zero-order valence-electron chi connectivity index (χ0n) is 21.2. The molecule has 1 aliphatic carbocycles. The number of methoxy groups -OCH3 is 2. The normalized spacial score (nSPS) is 15.3. The van der Waals surface area contributed by atoms with Crippen molar-refractivity contribution in [2.75, 3.05) is 21.3 Å². The number of carbonyl (C=O) groups is 1. The molecule has 0 fully saturated rings. The highest BCUT2D eigenvalue weighted by Gasteiger charge is 2.28. The van der Waals surface area contributed by atoms with Crippen molar-refractivity contribution in [1.29, 1.82) is 0 Å². The SMILES string of the molecule is COc1cc(/C=C2/C(C)=C(CC(=O)NCc3ccco3)c3cc(F)ccc32)cc(OC)c1OP(=O)(O)OC. The van der Waals surface area contributed by atoms with E-state index < -0.39 is 13.6 Å². The lowest BCUT2D eigenvalue weighted by molar-refractivity contribution is -0.120. The number of phosphoric ester groups is 1. The molecule has 1 unspecified atom stereocenters. The Morgan fingerprint density at radius 3 is 2.42 bits per heavy atom.